The van der Waals surface area contributed by atoms with E-state index in [0.29, 0.717) is 13.2 Å². The number of aryl methyl sites for hydroxylation is 1. The molecule has 96 valence electrons. The predicted molar refractivity (Wildman–Crippen MR) is 71.2 cm³/mol. The maximum Gasteiger partial charge on any atom is 0.128 e. The van der Waals surface area contributed by atoms with E-state index in [4.69, 9.17) is 10.5 Å². The zero-order valence-corrected chi connectivity index (χ0v) is 11.2. The number of hydrogen-bond donors (Lipinski definition) is 1. The van der Waals surface area contributed by atoms with Crippen molar-refractivity contribution in [1.29, 1.82) is 0 Å². The Morgan fingerprint density at radius 3 is 2.71 bits per heavy atom. The summed E-state index contributed by atoms with van der Waals surface area (Å²) in [6.45, 7) is 8.16. The van der Waals surface area contributed by atoms with Gasteiger partial charge in [0.1, 0.15) is 5.82 Å². The fraction of sp³-hybridized carbons (Fsp3) is 0.615. The van der Waals surface area contributed by atoms with E-state index in [9.17, 15) is 0 Å². The van der Waals surface area contributed by atoms with Crippen molar-refractivity contribution in [2.24, 2.45) is 5.73 Å². The minimum Gasteiger partial charge on any atom is -0.377 e. The van der Waals surface area contributed by atoms with Gasteiger partial charge in [0, 0.05) is 25.8 Å². The van der Waals surface area contributed by atoms with Gasteiger partial charge < -0.3 is 15.4 Å². The Hall–Kier alpha value is -1.13. The number of rotatable bonds is 6. The maximum absolute atomic E-state index is 5.66. The zero-order valence-electron chi connectivity index (χ0n) is 11.2. The highest BCUT2D eigenvalue weighted by atomic mass is 16.5. The quantitative estimate of drug-likeness (QED) is 0.818. The molecule has 0 unspecified atom stereocenters. The molecule has 0 aliphatic rings. The standard InChI is InChI=1S/C13H23N3O/c1-10(2)17-6-5-16(4)13-8-12(9-14)7-11(3)15-13/h7-8,10H,5-6,9,14H2,1-4H3. The minimum absolute atomic E-state index is 0.272. The van der Waals surface area contributed by atoms with Crippen LogP contribution in [0.1, 0.15) is 25.1 Å². The highest BCUT2D eigenvalue weighted by Crippen LogP contribution is 2.13. The molecule has 0 aromatic carbocycles. The summed E-state index contributed by atoms with van der Waals surface area (Å²) in [6.07, 6.45) is 0.272. The van der Waals surface area contributed by atoms with Crippen LogP contribution in [-0.4, -0.2) is 31.3 Å². The lowest BCUT2D eigenvalue weighted by atomic mass is 10.2. The van der Waals surface area contributed by atoms with Gasteiger partial charge in [-0.05, 0) is 38.5 Å². The van der Waals surface area contributed by atoms with Crippen LogP contribution in [0.2, 0.25) is 0 Å². The second-order valence-electron chi connectivity index (χ2n) is 4.52. The summed E-state index contributed by atoms with van der Waals surface area (Å²) in [5.74, 6) is 0.956. The molecule has 0 fully saturated rings. The van der Waals surface area contributed by atoms with Crippen LogP contribution < -0.4 is 10.6 Å². The lowest BCUT2D eigenvalue weighted by Crippen LogP contribution is -2.25. The number of hydrogen-bond acceptors (Lipinski definition) is 4. The van der Waals surface area contributed by atoms with Crippen LogP contribution in [-0.2, 0) is 11.3 Å². The lowest BCUT2D eigenvalue weighted by molar-refractivity contribution is 0.0845. The van der Waals surface area contributed by atoms with Crippen molar-refractivity contribution >= 4 is 5.82 Å². The highest BCUT2D eigenvalue weighted by Gasteiger charge is 2.05. The van der Waals surface area contributed by atoms with Gasteiger partial charge in [-0.15, -0.1) is 0 Å². The highest BCUT2D eigenvalue weighted by molar-refractivity contribution is 5.41. The van der Waals surface area contributed by atoms with Crippen LogP contribution in [0.25, 0.3) is 0 Å². The monoisotopic (exact) mass is 237 g/mol. The second kappa shape index (κ2) is 6.57. The summed E-state index contributed by atoms with van der Waals surface area (Å²) >= 11 is 0. The third-order valence-corrected chi connectivity index (χ3v) is 2.50. The Balaban J connectivity index is 2.61. The molecule has 0 aliphatic carbocycles. The summed E-state index contributed by atoms with van der Waals surface area (Å²) in [5.41, 5.74) is 7.77. The maximum atomic E-state index is 5.66. The van der Waals surface area contributed by atoms with Gasteiger partial charge in [-0.25, -0.2) is 4.98 Å². The molecule has 0 atom stereocenters. The summed E-state index contributed by atoms with van der Waals surface area (Å²) in [4.78, 5) is 6.59. The van der Waals surface area contributed by atoms with Crippen LogP contribution in [0.3, 0.4) is 0 Å². The Bertz CT molecular complexity index is 353. The van der Waals surface area contributed by atoms with Gasteiger partial charge in [-0.1, -0.05) is 0 Å². The topological polar surface area (TPSA) is 51.4 Å². The smallest absolute Gasteiger partial charge is 0.128 e. The molecule has 2 N–H and O–H groups in total. The molecule has 0 saturated carbocycles. The van der Waals surface area contributed by atoms with Crippen LogP contribution in [0.5, 0.6) is 0 Å². The number of aromatic nitrogens is 1. The molecular weight excluding hydrogens is 214 g/mol. The zero-order chi connectivity index (χ0) is 12.8. The number of ether oxygens (including phenoxy) is 1. The van der Waals surface area contributed by atoms with Crippen molar-refractivity contribution in [2.75, 3.05) is 25.1 Å². The summed E-state index contributed by atoms with van der Waals surface area (Å²) in [6, 6.07) is 4.05. The number of nitrogens with zero attached hydrogens (tertiary/aromatic N) is 2. The molecule has 0 amide bonds. The van der Waals surface area contributed by atoms with E-state index in [-0.39, 0.29) is 6.10 Å². The second-order valence-corrected chi connectivity index (χ2v) is 4.52. The third-order valence-electron chi connectivity index (χ3n) is 2.50. The van der Waals surface area contributed by atoms with Crippen molar-refractivity contribution in [1.82, 2.24) is 4.98 Å². The van der Waals surface area contributed by atoms with Crippen molar-refractivity contribution in [3.05, 3.63) is 23.4 Å². The first kappa shape index (κ1) is 13.9. The van der Waals surface area contributed by atoms with E-state index in [1.165, 1.54) is 0 Å². The van der Waals surface area contributed by atoms with Gasteiger partial charge in [-0.2, -0.15) is 0 Å². The normalized spacial score (nSPS) is 10.9. The molecule has 0 saturated heterocycles. The molecule has 1 rings (SSSR count). The van der Waals surface area contributed by atoms with E-state index in [2.05, 4.69) is 9.88 Å². The Morgan fingerprint density at radius 2 is 2.12 bits per heavy atom. The molecule has 4 heteroatoms. The first-order valence-corrected chi connectivity index (χ1v) is 6.03. The van der Waals surface area contributed by atoms with Crippen LogP contribution >= 0.6 is 0 Å². The molecular formula is C13H23N3O. The summed E-state index contributed by atoms with van der Waals surface area (Å²) in [5, 5.41) is 0. The molecule has 17 heavy (non-hydrogen) atoms. The largest absolute Gasteiger partial charge is 0.377 e. The van der Waals surface area contributed by atoms with E-state index in [1.54, 1.807) is 0 Å². The molecule has 0 spiro atoms. The average Bonchev–Trinajstić information content (AvgIpc) is 2.27. The van der Waals surface area contributed by atoms with Gasteiger partial charge in [0.15, 0.2) is 0 Å². The minimum atomic E-state index is 0.272. The van der Waals surface area contributed by atoms with Crippen molar-refractivity contribution < 1.29 is 4.74 Å². The number of anilines is 1. The summed E-state index contributed by atoms with van der Waals surface area (Å²) < 4.78 is 5.53. The van der Waals surface area contributed by atoms with Gasteiger partial charge in [-0.3, -0.25) is 0 Å². The van der Waals surface area contributed by atoms with E-state index >= 15 is 0 Å². The van der Waals surface area contributed by atoms with Gasteiger partial charge >= 0.3 is 0 Å². The molecule has 0 radical (unpaired) electrons. The van der Waals surface area contributed by atoms with Crippen molar-refractivity contribution in [3.63, 3.8) is 0 Å². The molecule has 1 heterocycles. The Labute approximate surface area is 104 Å². The fourth-order valence-corrected chi connectivity index (χ4v) is 1.57. The number of likely N-dealkylation sites (N-methyl/N-ethyl adjacent to an activating group) is 1. The lowest BCUT2D eigenvalue weighted by Gasteiger charge is -2.20. The first-order chi connectivity index (χ1) is 8.02. The van der Waals surface area contributed by atoms with Crippen molar-refractivity contribution in [2.45, 2.75) is 33.4 Å². The molecule has 4 nitrogen and oxygen atoms in total. The van der Waals surface area contributed by atoms with E-state index in [0.717, 1.165) is 23.6 Å². The van der Waals surface area contributed by atoms with Gasteiger partial charge in [0.05, 0.1) is 12.7 Å². The van der Waals surface area contributed by atoms with Gasteiger partial charge in [0.25, 0.3) is 0 Å². The van der Waals surface area contributed by atoms with E-state index < -0.39 is 0 Å². The summed E-state index contributed by atoms with van der Waals surface area (Å²) in [7, 11) is 2.02. The van der Waals surface area contributed by atoms with Crippen LogP contribution in [0.4, 0.5) is 5.82 Å². The first-order valence-electron chi connectivity index (χ1n) is 6.03. The van der Waals surface area contributed by atoms with Crippen LogP contribution in [0, 0.1) is 6.92 Å². The Morgan fingerprint density at radius 1 is 1.41 bits per heavy atom. The van der Waals surface area contributed by atoms with E-state index in [1.807, 2.05) is 40.0 Å². The molecule has 0 aliphatic heterocycles. The Kier molecular flexibility index (Phi) is 5.38. The number of pyridine rings is 1. The van der Waals surface area contributed by atoms with Gasteiger partial charge in [0.2, 0.25) is 0 Å². The third kappa shape index (κ3) is 4.71. The average molecular weight is 237 g/mol. The number of nitrogens with two attached hydrogens (primary N) is 1. The predicted octanol–water partition coefficient (Wildman–Crippen LogP) is 1.71. The van der Waals surface area contributed by atoms with Crippen LogP contribution in [0.15, 0.2) is 12.1 Å². The molecule has 1 aromatic heterocycles. The van der Waals surface area contributed by atoms with Crippen molar-refractivity contribution in [3.8, 4) is 0 Å². The molecule has 1 aromatic rings. The fourth-order valence-electron chi connectivity index (χ4n) is 1.57. The SMILES string of the molecule is Cc1cc(CN)cc(N(C)CCOC(C)C)n1. The molecule has 0 bridgehead atoms.